The Morgan fingerprint density at radius 2 is 1.61 bits per heavy atom. The normalized spacial score (nSPS) is 25.3. The molecule has 3 aromatic carbocycles. The largest absolute Gasteiger partial charge is 0.391 e. The first-order valence-corrected chi connectivity index (χ1v) is 26.3. The number of benzene rings is 3. The van der Waals surface area contributed by atoms with Crippen LogP contribution in [-0.4, -0.2) is 125 Å². The van der Waals surface area contributed by atoms with Gasteiger partial charge in [-0.1, -0.05) is 98.2 Å². The van der Waals surface area contributed by atoms with Gasteiger partial charge in [0.2, 0.25) is 23.6 Å². The van der Waals surface area contributed by atoms with Crippen LogP contribution in [-0.2, 0) is 28.8 Å². The third kappa shape index (κ3) is 11.4. The van der Waals surface area contributed by atoms with Crippen LogP contribution in [0.1, 0.15) is 113 Å². The number of rotatable bonds is 14. The Balaban J connectivity index is 0.727. The molecule has 1 saturated carbocycles. The molecule has 71 heavy (non-hydrogen) atoms. The summed E-state index contributed by atoms with van der Waals surface area (Å²) in [5.74, 6) is -1.22. The molecule has 14 nitrogen and oxygen atoms in total. The number of aliphatic hydroxyl groups excluding tert-OH is 1. The third-order valence-electron chi connectivity index (χ3n) is 14.8. The Bertz CT molecular complexity index is 2650. The first-order valence-electron chi connectivity index (χ1n) is 25.0. The summed E-state index contributed by atoms with van der Waals surface area (Å²) in [6, 6.07) is 23.4. The number of aliphatic imine (C=N–C) groups is 1. The number of hydrogen-bond acceptors (Lipinski definition) is 11. The molecule has 5 heterocycles. The second-order valence-corrected chi connectivity index (χ2v) is 22.5. The van der Waals surface area contributed by atoms with Gasteiger partial charge in [0.15, 0.2) is 6.10 Å². The van der Waals surface area contributed by atoms with Crippen LogP contribution < -0.4 is 16.0 Å². The van der Waals surface area contributed by atoms with Crippen molar-refractivity contribution in [3.8, 4) is 10.4 Å². The Hall–Kier alpha value is -5.45. The van der Waals surface area contributed by atoms with Gasteiger partial charge in [0, 0.05) is 53.1 Å². The standard InChI is InChI=1S/C55H66ClN7O7S/c1-31-21-24-71-51(31)36-13-11-34(12-14-36)32(2)57-53(67)45-27-39(64)29-63(45)54(68)52(55(4,5)6)60-47(66)30-62-22-19-40(20-23-62)69-41-25-38(26-41)58-46(65)28-44-50-48(33(3)61-70-50)42-9-7-8-10-43(42)49(59-44)35-15-17-37(56)18-16-35/h7-18,21,24,32,38-41,44-45,48,50,52,64H,19-20,22-23,25-30H2,1-6H3,(H,57,67)(H,58,65)(H,60,66)/t32-,38?,39+,41?,44-,45-,48?,50?,52+/m0/s1. The van der Waals surface area contributed by atoms with Crippen LogP contribution >= 0.6 is 22.9 Å². The number of ether oxygens (including phenoxy) is 1. The first-order chi connectivity index (χ1) is 34.0. The van der Waals surface area contributed by atoms with Gasteiger partial charge in [0.25, 0.3) is 0 Å². The molecule has 1 aromatic heterocycles. The SMILES string of the molecule is CC1=NOC2C1c1ccccc1C(c1ccc(Cl)cc1)=N[C@H]2CC(=O)NC1CC(OC2CCN(CC(=O)N[C@H](C(=O)N3C[C@H](O)C[C@H]3C(=O)N[C@@H](C)c3ccc(-c4sccc4C)cc3)C(C)(C)C)CC2)C1. The molecule has 4 N–H and O–H groups in total. The van der Waals surface area contributed by atoms with E-state index in [1.165, 1.54) is 15.3 Å². The van der Waals surface area contributed by atoms with E-state index in [1.807, 2.05) is 83.1 Å². The van der Waals surface area contributed by atoms with Gasteiger partial charge in [-0.05, 0) is 97.7 Å². The van der Waals surface area contributed by atoms with Crippen molar-refractivity contribution in [2.45, 2.75) is 141 Å². The number of carbonyl (C=O) groups is 4. The van der Waals surface area contributed by atoms with Crippen LogP contribution in [0.2, 0.25) is 5.02 Å². The van der Waals surface area contributed by atoms with E-state index < -0.39 is 35.7 Å². The lowest BCUT2D eigenvalue weighted by molar-refractivity contribution is -0.144. The number of β-amino-alcohol motifs (C(OH)–C–C–N with tert-alkyl or cyclic N) is 1. The van der Waals surface area contributed by atoms with Crippen molar-refractivity contribution in [2.75, 3.05) is 26.2 Å². The smallest absolute Gasteiger partial charge is 0.246 e. The summed E-state index contributed by atoms with van der Waals surface area (Å²) in [5, 5.41) is 27.1. The van der Waals surface area contributed by atoms with Crippen molar-refractivity contribution < 1.29 is 33.9 Å². The number of thiophene rings is 1. The number of carbonyl (C=O) groups excluding carboxylic acids is 4. The van der Waals surface area contributed by atoms with E-state index >= 15 is 0 Å². The van der Waals surface area contributed by atoms with E-state index in [2.05, 4.69) is 68.6 Å². The molecule has 4 aromatic rings. The Kier molecular flexibility index (Phi) is 15.2. The van der Waals surface area contributed by atoms with Crippen molar-refractivity contribution in [3.05, 3.63) is 117 Å². The number of oxime groups is 1. The minimum Gasteiger partial charge on any atom is -0.391 e. The van der Waals surface area contributed by atoms with E-state index in [-0.39, 0.29) is 79.8 Å². The fraction of sp³-hybridized carbons (Fsp3) is 0.491. The highest BCUT2D eigenvalue weighted by molar-refractivity contribution is 7.13. The van der Waals surface area contributed by atoms with Crippen LogP contribution in [0, 0.1) is 12.3 Å². The zero-order chi connectivity index (χ0) is 50.1. The molecule has 376 valence electrons. The molecule has 2 unspecified atom stereocenters. The number of nitrogens with zero attached hydrogens (tertiary/aromatic N) is 4. The molecule has 4 amide bonds. The predicted octanol–water partition coefficient (Wildman–Crippen LogP) is 7.34. The summed E-state index contributed by atoms with van der Waals surface area (Å²) in [6.45, 7) is 13.1. The van der Waals surface area contributed by atoms with E-state index in [1.54, 1.807) is 11.3 Å². The summed E-state index contributed by atoms with van der Waals surface area (Å²) in [4.78, 5) is 71.3. The lowest BCUT2D eigenvalue weighted by Crippen LogP contribution is -2.59. The molecule has 5 aliphatic rings. The van der Waals surface area contributed by atoms with E-state index in [4.69, 9.17) is 26.2 Å². The molecule has 3 fully saturated rings. The number of piperidine rings is 1. The summed E-state index contributed by atoms with van der Waals surface area (Å²) in [6.07, 6.45) is 2.01. The molecule has 0 radical (unpaired) electrons. The molecular formula is C55H66ClN7O7S. The molecular weight excluding hydrogens is 938 g/mol. The zero-order valence-corrected chi connectivity index (χ0v) is 43.0. The molecule has 16 heteroatoms. The average Bonchev–Trinajstić information content (AvgIpc) is 4.04. The van der Waals surface area contributed by atoms with Gasteiger partial charge in [-0.3, -0.25) is 29.1 Å². The van der Waals surface area contributed by atoms with Gasteiger partial charge >= 0.3 is 0 Å². The number of halogens is 1. The van der Waals surface area contributed by atoms with Crippen molar-refractivity contribution in [3.63, 3.8) is 0 Å². The molecule has 2 saturated heterocycles. The number of amides is 4. The maximum atomic E-state index is 14.3. The number of fused-ring (bicyclic) bond motifs is 3. The Morgan fingerprint density at radius 3 is 2.30 bits per heavy atom. The van der Waals surface area contributed by atoms with Crippen molar-refractivity contribution in [2.24, 2.45) is 15.6 Å². The quantitative estimate of drug-likeness (QED) is 0.102. The van der Waals surface area contributed by atoms with Crippen molar-refractivity contribution in [1.82, 2.24) is 25.8 Å². The Morgan fingerprint density at radius 1 is 0.901 bits per heavy atom. The fourth-order valence-corrected chi connectivity index (χ4v) is 11.8. The lowest BCUT2D eigenvalue weighted by Gasteiger charge is -2.40. The minimum atomic E-state index is -0.913. The van der Waals surface area contributed by atoms with Crippen LogP contribution in [0.15, 0.2) is 94.4 Å². The number of likely N-dealkylation sites (tertiary alicyclic amines) is 2. The highest BCUT2D eigenvalue weighted by Gasteiger charge is 2.46. The molecule has 4 aliphatic heterocycles. The van der Waals surface area contributed by atoms with Crippen LogP contribution in [0.25, 0.3) is 10.4 Å². The van der Waals surface area contributed by atoms with Gasteiger partial charge in [-0.2, -0.15) is 0 Å². The van der Waals surface area contributed by atoms with Crippen molar-refractivity contribution in [1.29, 1.82) is 0 Å². The highest BCUT2D eigenvalue weighted by atomic mass is 35.5. The molecule has 0 spiro atoms. The molecule has 9 rings (SSSR count). The predicted molar refractivity (Wildman–Crippen MR) is 277 cm³/mol. The molecule has 0 bridgehead atoms. The number of hydrogen-bond donors (Lipinski definition) is 4. The second kappa shape index (κ2) is 21.3. The van der Waals surface area contributed by atoms with Crippen LogP contribution in [0.4, 0.5) is 0 Å². The maximum absolute atomic E-state index is 14.3. The average molecular weight is 1000 g/mol. The van der Waals surface area contributed by atoms with Gasteiger partial charge in [0.05, 0.1) is 60.7 Å². The van der Waals surface area contributed by atoms with Crippen molar-refractivity contribution >= 4 is 58.0 Å². The highest BCUT2D eigenvalue weighted by Crippen LogP contribution is 2.39. The van der Waals surface area contributed by atoms with Crippen LogP contribution in [0.5, 0.6) is 0 Å². The van der Waals surface area contributed by atoms with E-state index in [0.717, 1.165) is 64.9 Å². The van der Waals surface area contributed by atoms with Gasteiger partial charge in [-0.25, -0.2) is 0 Å². The maximum Gasteiger partial charge on any atom is 0.246 e. The summed E-state index contributed by atoms with van der Waals surface area (Å²) >= 11 is 7.94. The fourth-order valence-electron chi connectivity index (χ4n) is 10.7. The minimum absolute atomic E-state index is 0.00268. The third-order valence-corrected chi connectivity index (χ3v) is 16.1. The van der Waals surface area contributed by atoms with Gasteiger partial charge in [0.1, 0.15) is 12.1 Å². The molecule has 7 atom stereocenters. The summed E-state index contributed by atoms with van der Waals surface area (Å²) in [5.41, 5.74) is 7.25. The Labute approximate surface area is 425 Å². The van der Waals surface area contributed by atoms with Crippen LogP contribution in [0.3, 0.4) is 0 Å². The summed E-state index contributed by atoms with van der Waals surface area (Å²) < 4.78 is 6.49. The van der Waals surface area contributed by atoms with E-state index in [9.17, 15) is 24.3 Å². The second-order valence-electron chi connectivity index (χ2n) is 21.1. The lowest BCUT2D eigenvalue weighted by atomic mass is 9.83. The molecule has 1 aliphatic carbocycles. The topological polar surface area (TPSA) is 174 Å². The number of nitrogens with one attached hydrogen (secondary N) is 3. The first kappa shape index (κ1) is 50.5. The van der Waals surface area contributed by atoms with E-state index in [0.29, 0.717) is 18.1 Å². The zero-order valence-electron chi connectivity index (χ0n) is 41.4. The number of aliphatic hydroxyl groups is 1. The number of aryl methyl sites for hydroxylation is 1. The van der Waals surface area contributed by atoms with Gasteiger partial charge < -0.3 is 35.5 Å². The summed E-state index contributed by atoms with van der Waals surface area (Å²) in [7, 11) is 0. The van der Waals surface area contributed by atoms with Gasteiger partial charge in [-0.15, -0.1) is 11.3 Å². The monoisotopic (exact) mass is 1000 g/mol.